The molecule has 0 saturated heterocycles. The molecule has 0 spiro atoms. The average Bonchev–Trinajstić information content (AvgIpc) is 3.03. The number of rotatable bonds is 7. The summed E-state index contributed by atoms with van der Waals surface area (Å²) in [5.41, 5.74) is 0.815. The van der Waals surface area contributed by atoms with Gasteiger partial charge in [-0.25, -0.2) is 0 Å². The number of hydrogen-bond acceptors (Lipinski definition) is 6. The van der Waals surface area contributed by atoms with Gasteiger partial charge in [-0.15, -0.1) is 10.2 Å². The zero-order valence-electron chi connectivity index (χ0n) is 12.9. The molecule has 1 aromatic carbocycles. The number of carbonyl (C=O) groups is 1. The maximum Gasteiger partial charge on any atom is 0.277 e. The number of amides is 1. The van der Waals surface area contributed by atoms with E-state index in [0.717, 1.165) is 11.3 Å². The highest BCUT2D eigenvalue weighted by molar-refractivity contribution is 7.99. The highest BCUT2D eigenvalue weighted by atomic mass is 32.2. The molecule has 0 aliphatic rings. The lowest BCUT2D eigenvalue weighted by Crippen LogP contribution is -2.31. The standard InChI is InChI=1S/C15H19N3O3S/c1-4-18(5-2)13(19)10-22-15-17-16-14(21-15)11-6-8-12(20-3)9-7-11/h6-9H,4-5,10H2,1-3H3. The van der Waals surface area contributed by atoms with E-state index in [1.54, 1.807) is 12.0 Å². The Bertz CT molecular complexity index is 609. The van der Waals surface area contributed by atoms with Crippen LogP contribution >= 0.6 is 11.8 Å². The third-order valence-electron chi connectivity index (χ3n) is 3.18. The average molecular weight is 321 g/mol. The second-order valence-corrected chi connectivity index (χ2v) is 5.38. The summed E-state index contributed by atoms with van der Waals surface area (Å²) in [7, 11) is 1.61. The summed E-state index contributed by atoms with van der Waals surface area (Å²) in [5, 5.41) is 8.36. The van der Waals surface area contributed by atoms with Crippen LogP contribution in [0.5, 0.6) is 5.75 Å². The van der Waals surface area contributed by atoms with Crippen LogP contribution in [0.4, 0.5) is 0 Å². The lowest BCUT2D eigenvalue weighted by Gasteiger charge is -2.17. The molecule has 2 rings (SSSR count). The van der Waals surface area contributed by atoms with Crippen molar-refractivity contribution in [2.45, 2.75) is 19.1 Å². The van der Waals surface area contributed by atoms with Crippen LogP contribution in [0.3, 0.4) is 0 Å². The summed E-state index contributed by atoms with van der Waals surface area (Å²) in [6.45, 7) is 5.33. The number of nitrogens with zero attached hydrogens (tertiary/aromatic N) is 3. The van der Waals surface area contributed by atoms with E-state index in [2.05, 4.69) is 10.2 Å². The maximum atomic E-state index is 11.9. The molecule has 0 saturated carbocycles. The lowest BCUT2D eigenvalue weighted by atomic mass is 10.2. The van der Waals surface area contributed by atoms with E-state index in [4.69, 9.17) is 9.15 Å². The summed E-state index contributed by atoms with van der Waals surface area (Å²) < 4.78 is 10.7. The topological polar surface area (TPSA) is 68.5 Å². The molecule has 1 amide bonds. The summed E-state index contributed by atoms with van der Waals surface area (Å²) >= 11 is 1.25. The minimum atomic E-state index is 0.0687. The minimum Gasteiger partial charge on any atom is -0.497 e. The van der Waals surface area contributed by atoms with Crippen molar-refractivity contribution >= 4 is 17.7 Å². The van der Waals surface area contributed by atoms with Gasteiger partial charge in [-0.05, 0) is 38.1 Å². The Morgan fingerprint density at radius 1 is 1.23 bits per heavy atom. The number of thioether (sulfide) groups is 1. The monoisotopic (exact) mass is 321 g/mol. The first kappa shape index (κ1) is 16.4. The van der Waals surface area contributed by atoms with Crippen molar-refractivity contribution in [3.63, 3.8) is 0 Å². The van der Waals surface area contributed by atoms with Crippen molar-refractivity contribution in [2.75, 3.05) is 26.0 Å². The van der Waals surface area contributed by atoms with E-state index in [1.165, 1.54) is 11.8 Å². The molecule has 0 radical (unpaired) electrons. The van der Waals surface area contributed by atoms with Gasteiger partial charge >= 0.3 is 0 Å². The summed E-state index contributed by atoms with van der Waals surface area (Å²) in [4.78, 5) is 13.7. The number of benzene rings is 1. The minimum absolute atomic E-state index is 0.0687. The third kappa shape index (κ3) is 4.00. The number of hydrogen-bond donors (Lipinski definition) is 0. The van der Waals surface area contributed by atoms with Gasteiger partial charge in [-0.1, -0.05) is 11.8 Å². The predicted octanol–water partition coefficient (Wildman–Crippen LogP) is 2.71. The van der Waals surface area contributed by atoms with Gasteiger partial charge in [0, 0.05) is 18.7 Å². The number of methoxy groups -OCH3 is 1. The third-order valence-corrected chi connectivity index (χ3v) is 3.98. The lowest BCUT2D eigenvalue weighted by molar-refractivity contribution is -0.127. The zero-order valence-corrected chi connectivity index (χ0v) is 13.7. The predicted molar refractivity (Wildman–Crippen MR) is 84.9 cm³/mol. The Labute approximate surface area is 133 Å². The Morgan fingerprint density at radius 3 is 2.50 bits per heavy atom. The molecule has 0 N–H and O–H groups in total. The molecule has 22 heavy (non-hydrogen) atoms. The van der Waals surface area contributed by atoms with E-state index in [9.17, 15) is 4.79 Å². The fourth-order valence-corrected chi connectivity index (χ4v) is 2.58. The molecule has 0 atom stereocenters. The Morgan fingerprint density at radius 2 is 1.91 bits per heavy atom. The van der Waals surface area contributed by atoms with Gasteiger partial charge in [0.25, 0.3) is 5.22 Å². The van der Waals surface area contributed by atoms with Gasteiger partial charge in [-0.2, -0.15) is 0 Å². The first-order chi connectivity index (χ1) is 10.7. The molecule has 6 nitrogen and oxygen atoms in total. The fourth-order valence-electron chi connectivity index (χ4n) is 1.91. The maximum absolute atomic E-state index is 11.9. The molecule has 118 valence electrons. The van der Waals surface area contributed by atoms with E-state index in [0.29, 0.717) is 30.0 Å². The highest BCUT2D eigenvalue weighted by Gasteiger charge is 2.14. The van der Waals surface area contributed by atoms with Gasteiger partial charge in [0.2, 0.25) is 11.8 Å². The number of carbonyl (C=O) groups excluding carboxylic acids is 1. The van der Waals surface area contributed by atoms with E-state index >= 15 is 0 Å². The molecule has 2 aromatic rings. The van der Waals surface area contributed by atoms with E-state index in [-0.39, 0.29) is 5.91 Å². The Kier molecular flexibility index (Phi) is 5.83. The van der Waals surface area contributed by atoms with Crippen molar-refractivity contribution in [2.24, 2.45) is 0 Å². The smallest absolute Gasteiger partial charge is 0.277 e. The van der Waals surface area contributed by atoms with Crippen molar-refractivity contribution in [3.8, 4) is 17.2 Å². The second-order valence-electron chi connectivity index (χ2n) is 4.46. The molecule has 0 aliphatic heterocycles. The first-order valence-corrected chi connectivity index (χ1v) is 8.05. The van der Waals surface area contributed by atoms with Gasteiger partial charge in [0.05, 0.1) is 12.9 Å². The molecule has 0 bridgehead atoms. The normalized spacial score (nSPS) is 10.5. The zero-order chi connectivity index (χ0) is 15.9. The molecular weight excluding hydrogens is 302 g/mol. The Hall–Kier alpha value is -2.02. The van der Waals surface area contributed by atoms with Crippen LogP contribution in [-0.2, 0) is 4.79 Å². The van der Waals surface area contributed by atoms with Crippen LogP contribution in [0, 0.1) is 0 Å². The van der Waals surface area contributed by atoms with Crippen LogP contribution in [0.2, 0.25) is 0 Å². The second kappa shape index (κ2) is 7.84. The van der Waals surface area contributed by atoms with Gasteiger partial charge in [0.15, 0.2) is 0 Å². The Balaban J connectivity index is 1.97. The van der Waals surface area contributed by atoms with Gasteiger partial charge in [-0.3, -0.25) is 4.79 Å². The summed E-state index contributed by atoms with van der Waals surface area (Å²) in [6, 6.07) is 7.36. The summed E-state index contributed by atoms with van der Waals surface area (Å²) in [5.74, 6) is 1.56. The quantitative estimate of drug-likeness (QED) is 0.730. The number of aromatic nitrogens is 2. The van der Waals surface area contributed by atoms with E-state index in [1.807, 2.05) is 38.1 Å². The van der Waals surface area contributed by atoms with Gasteiger partial charge < -0.3 is 14.1 Å². The fraction of sp³-hybridized carbons (Fsp3) is 0.400. The molecule has 0 unspecified atom stereocenters. The van der Waals surface area contributed by atoms with E-state index < -0.39 is 0 Å². The van der Waals surface area contributed by atoms with Crippen molar-refractivity contribution in [1.29, 1.82) is 0 Å². The SMILES string of the molecule is CCN(CC)C(=O)CSc1nnc(-c2ccc(OC)cc2)o1. The van der Waals surface area contributed by atoms with Crippen LogP contribution in [-0.4, -0.2) is 47.0 Å². The molecule has 7 heteroatoms. The van der Waals surface area contributed by atoms with Crippen molar-refractivity contribution < 1.29 is 13.9 Å². The molecule has 1 heterocycles. The number of ether oxygens (including phenoxy) is 1. The van der Waals surface area contributed by atoms with Crippen molar-refractivity contribution in [3.05, 3.63) is 24.3 Å². The molecule has 1 aromatic heterocycles. The summed E-state index contributed by atoms with van der Waals surface area (Å²) in [6.07, 6.45) is 0. The van der Waals surface area contributed by atoms with Gasteiger partial charge in [0.1, 0.15) is 5.75 Å². The molecule has 0 fully saturated rings. The largest absolute Gasteiger partial charge is 0.497 e. The van der Waals surface area contributed by atoms with Crippen LogP contribution < -0.4 is 4.74 Å². The van der Waals surface area contributed by atoms with Crippen LogP contribution in [0.1, 0.15) is 13.8 Å². The highest BCUT2D eigenvalue weighted by Crippen LogP contribution is 2.24. The molecule has 0 aliphatic carbocycles. The van der Waals surface area contributed by atoms with Crippen molar-refractivity contribution in [1.82, 2.24) is 15.1 Å². The first-order valence-electron chi connectivity index (χ1n) is 7.06. The van der Waals surface area contributed by atoms with Crippen LogP contribution in [0.15, 0.2) is 33.9 Å². The molecular formula is C15H19N3O3S. The van der Waals surface area contributed by atoms with Crippen LogP contribution in [0.25, 0.3) is 11.5 Å².